The average molecular weight is 316 g/mol. The van der Waals surface area contributed by atoms with Crippen molar-refractivity contribution in [3.05, 3.63) is 107 Å². The van der Waals surface area contributed by atoms with E-state index in [1.807, 2.05) is 60.7 Å². The molecule has 0 spiro atoms. The van der Waals surface area contributed by atoms with E-state index < -0.39 is 0 Å². The second-order valence-corrected chi connectivity index (χ2v) is 6.20. The van der Waals surface area contributed by atoms with Crippen molar-refractivity contribution in [2.24, 2.45) is 0 Å². The maximum Gasteiger partial charge on any atom is 0.138 e. The Morgan fingerprint density at radius 2 is 1.08 bits per heavy atom. The van der Waals surface area contributed by atoms with Gasteiger partial charge in [0.25, 0.3) is 0 Å². The average Bonchev–Trinajstić information content (AvgIpc) is 2.64. The number of benzene rings is 3. The molecule has 0 nitrogen and oxygen atoms in total. The van der Waals surface area contributed by atoms with Crippen LogP contribution in [-0.2, 0) is 0 Å². The molecule has 3 aromatic rings. The van der Waals surface area contributed by atoms with E-state index in [2.05, 4.69) is 26.0 Å². The summed E-state index contributed by atoms with van der Waals surface area (Å²) in [6, 6.07) is 27.2. The molecule has 0 N–H and O–H groups in total. The van der Waals surface area contributed by atoms with Gasteiger partial charge < -0.3 is 0 Å². The zero-order valence-electron chi connectivity index (χ0n) is 14.0. The molecule has 0 aliphatic rings. The third-order valence-electron chi connectivity index (χ3n) is 4.18. The molecule has 0 saturated carbocycles. The van der Waals surface area contributed by atoms with Crippen molar-refractivity contribution in [2.45, 2.75) is 19.8 Å². The Morgan fingerprint density at radius 3 is 1.58 bits per heavy atom. The first kappa shape index (κ1) is 16.2. The zero-order chi connectivity index (χ0) is 16.9. The highest BCUT2D eigenvalue weighted by atomic mass is 19.1. The van der Waals surface area contributed by atoms with Gasteiger partial charge in [0, 0.05) is 11.1 Å². The van der Waals surface area contributed by atoms with E-state index >= 15 is 4.39 Å². The van der Waals surface area contributed by atoms with Gasteiger partial charge in [-0.25, -0.2) is 4.39 Å². The summed E-state index contributed by atoms with van der Waals surface area (Å²) in [5.74, 6) is 0.265. The van der Waals surface area contributed by atoms with E-state index in [0.717, 1.165) is 11.1 Å². The predicted molar refractivity (Wildman–Crippen MR) is 100 cm³/mol. The van der Waals surface area contributed by atoms with Crippen LogP contribution in [0.4, 0.5) is 4.39 Å². The topological polar surface area (TPSA) is 0 Å². The molecule has 0 aliphatic heterocycles. The minimum absolute atomic E-state index is 0.195. The van der Waals surface area contributed by atoms with Crippen LogP contribution in [0.5, 0.6) is 0 Å². The SMILES string of the molecule is CC(C)c1ccc(/C(=C(/F)c2ccccc2)c2ccccc2)cc1. The standard InChI is InChI=1S/C23H21F/c1-17(2)18-13-15-20(16-14-18)22(19-9-5-3-6-10-19)23(24)21-11-7-4-8-12-21/h3-17H,1-2H3/b23-22+. The molecule has 0 unspecified atom stereocenters. The molecule has 0 saturated heterocycles. The molecule has 0 heterocycles. The van der Waals surface area contributed by atoms with Crippen molar-refractivity contribution in [1.29, 1.82) is 0 Å². The van der Waals surface area contributed by atoms with Gasteiger partial charge in [0.05, 0.1) is 0 Å². The van der Waals surface area contributed by atoms with E-state index in [-0.39, 0.29) is 5.83 Å². The van der Waals surface area contributed by atoms with E-state index in [0.29, 0.717) is 17.1 Å². The highest BCUT2D eigenvalue weighted by molar-refractivity contribution is 5.95. The molecule has 24 heavy (non-hydrogen) atoms. The summed E-state index contributed by atoms with van der Waals surface area (Å²) in [5, 5.41) is 0. The van der Waals surface area contributed by atoms with Gasteiger partial charge >= 0.3 is 0 Å². The summed E-state index contributed by atoms with van der Waals surface area (Å²) in [5.41, 5.74) is 4.27. The Bertz CT molecular complexity index is 813. The van der Waals surface area contributed by atoms with Crippen molar-refractivity contribution >= 4 is 11.4 Å². The summed E-state index contributed by atoms with van der Waals surface area (Å²) in [6.45, 7) is 4.32. The molecule has 3 rings (SSSR count). The Morgan fingerprint density at radius 1 is 0.625 bits per heavy atom. The van der Waals surface area contributed by atoms with E-state index in [1.54, 1.807) is 12.1 Å². The smallest absolute Gasteiger partial charge is 0.138 e. The summed E-state index contributed by atoms with van der Waals surface area (Å²) in [6.07, 6.45) is 0. The molecule has 0 radical (unpaired) electrons. The molecule has 3 aromatic carbocycles. The van der Waals surface area contributed by atoms with Crippen LogP contribution < -0.4 is 0 Å². The molecule has 120 valence electrons. The molecule has 0 aliphatic carbocycles. The van der Waals surface area contributed by atoms with Gasteiger partial charge in [0.15, 0.2) is 0 Å². The van der Waals surface area contributed by atoms with Crippen molar-refractivity contribution in [1.82, 2.24) is 0 Å². The first-order valence-electron chi connectivity index (χ1n) is 8.28. The molecular weight excluding hydrogens is 295 g/mol. The van der Waals surface area contributed by atoms with Gasteiger partial charge in [0.1, 0.15) is 5.83 Å². The Kier molecular flexibility index (Phi) is 4.90. The van der Waals surface area contributed by atoms with Crippen molar-refractivity contribution in [3.8, 4) is 0 Å². The number of hydrogen-bond acceptors (Lipinski definition) is 0. The second-order valence-electron chi connectivity index (χ2n) is 6.20. The Balaban J connectivity index is 2.16. The lowest BCUT2D eigenvalue weighted by Crippen LogP contribution is -1.94. The monoisotopic (exact) mass is 316 g/mol. The van der Waals surface area contributed by atoms with Gasteiger partial charge in [-0.3, -0.25) is 0 Å². The van der Waals surface area contributed by atoms with Crippen LogP contribution in [0.15, 0.2) is 84.9 Å². The quantitative estimate of drug-likeness (QED) is 0.470. The molecule has 0 atom stereocenters. The first-order valence-corrected chi connectivity index (χ1v) is 8.28. The van der Waals surface area contributed by atoms with E-state index in [9.17, 15) is 0 Å². The number of rotatable bonds is 4. The predicted octanol–water partition coefficient (Wildman–Crippen LogP) is 6.70. The summed E-state index contributed by atoms with van der Waals surface area (Å²) in [7, 11) is 0. The van der Waals surface area contributed by atoms with Crippen molar-refractivity contribution in [2.75, 3.05) is 0 Å². The Labute approximate surface area is 143 Å². The molecular formula is C23H21F. The number of halogens is 1. The highest BCUT2D eigenvalue weighted by Gasteiger charge is 2.14. The normalized spacial score (nSPS) is 12.2. The van der Waals surface area contributed by atoms with Crippen LogP contribution in [-0.4, -0.2) is 0 Å². The lowest BCUT2D eigenvalue weighted by atomic mass is 9.92. The minimum atomic E-state index is -0.195. The molecule has 0 fully saturated rings. The van der Waals surface area contributed by atoms with Gasteiger partial charge in [0.2, 0.25) is 0 Å². The van der Waals surface area contributed by atoms with Crippen molar-refractivity contribution < 1.29 is 4.39 Å². The third-order valence-corrected chi connectivity index (χ3v) is 4.18. The van der Waals surface area contributed by atoms with Gasteiger partial charge in [-0.2, -0.15) is 0 Å². The van der Waals surface area contributed by atoms with Gasteiger partial charge in [-0.15, -0.1) is 0 Å². The fourth-order valence-corrected chi connectivity index (χ4v) is 2.79. The van der Waals surface area contributed by atoms with Gasteiger partial charge in [-0.1, -0.05) is 98.8 Å². The summed E-state index contributed by atoms with van der Waals surface area (Å²) >= 11 is 0. The lowest BCUT2D eigenvalue weighted by Gasteiger charge is -2.13. The lowest BCUT2D eigenvalue weighted by molar-refractivity contribution is 0.762. The Hall–Kier alpha value is -2.67. The summed E-state index contributed by atoms with van der Waals surface area (Å²) in [4.78, 5) is 0. The van der Waals surface area contributed by atoms with Gasteiger partial charge in [-0.05, 0) is 22.6 Å². The second kappa shape index (κ2) is 7.27. The first-order chi connectivity index (χ1) is 11.7. The fraction of sp³-hybridized carbons (Fsp3) is 0.130. The van der Waals surface area contributed by atoms with Crippen LogP contribution in [0.3, 0.4) is 0 Å². The van der Waals surface area contributed by atoms with E-state index in [1.165, 1.54) is 5.56 Å². The van der Waals surface area contributed by atoms with Crippen LogP contribution in [0.1, 0.15) is 42.0 Å². The molecule has 0 bridgehead atoms. The minimum Gasteiger partial charge on any atom is -0.206 e. The molecule has 1 heteroatoms. The van der Waals surface area contributed by atoms with Crippen LogP contribution in [0, 0.1) is 0 Å². The third kappa shape index (κ3) is 3.46. The maximum absolute atomic E-state index is 15.3. The fourth-order valence-electron chi connectivity index (χ4n) is 2.79. The van der Waals surface area contributed by atoms with Crippen LogP contribution in [0.2, 0.25) is 0 Å². The highest BCUT2D eigenvalue weighted by Crippen LogP contribution is 2.33. The zero-order valence-corrected chi connectivity index (χ0v) is 14.0. The summed E-state index contributed by atoms with van der Waals surface area (Å²) < 4.78 is 15.3. The largest absolute Gasteiger partial charge is 0.206 e. The number of hydrogen-bond donors (Lipinski definition) is 0. The maximum atomic E-state index is 15.3. The molecule has 0 amide bonds. The van der Waals surface area contributed by atoms with Crippen LogP contribution >= 0.6 is 0 Å². The van der Waals surface area contributed by atoms with Crippen molar-refractivity contribution in [3.63, 3.8) is 0 Å². The molecule has 0 aromatic heterocycles. The van der Waals surface area contributed by atoms with E-state index in [4.69, 9.17) is 0 Å². The van der Waals surface area contributed by atoms with Crippen LogP contribution in [0.25, 0.3) is 11.4 Å².